The van der Waals surface area contributed by atoms with Crippen LogP contribution in [0.2, 0.25) is 0 Å². The predicted octanol–water partition coefficient (Wildman–Crippen LogP) is 2.38. The second kappa shape index (κ2) is 2.48. The molecule has 0 amide bonds. The first-order chi connectivity index (χ1) is 6.37. The molecule has 0 saturated heterocycles. The minimum atomic E-state index is -3.83. The summed E-state index contributed by atoms with van der Waals surface area (Å²) in [7, 11) is 0. The summed E-state index contributed by atoms with van der Waals surface area (Å²) in [4.78, 5) is 23.0. The minimum Gasteiger partial charge on any atom is -0.287 e. The van der Waals surface area contributed by atoms with E-state index >= 15 is 0 Å². The topological polar surface area (TPSA) is 34.1 Å². The number of rotatable bonds is 0. The first-order valence-corrected chi connectivity index (χ1v) is 4.76. The van der Waals surface area contributed by atoms with Gasteiger partial charge in [-0.25, -0.2) is 0 Å². The van der Waals surface area contributed by atoms with Crippen LogP contribution >= 0.6 is 11.3 Å². The van der Waals surface area contributed by atoms with Crippen molar-refractivity contribution in [1.29, 1.82) is 0 Å². The first-order valence-electron chi connectivity index (χ1n) is 3.94. The summed E-state index contributed by atoms with van der Waals surface area (Å²) in [5.74, 6) is -6.53. The van der Waals surface area contributed by atoms with Crippen LogP contribution < -0.4 is 0 Å². The second-order valence-electron chi connectivity index (χ2n) is 3.22. The lowest BCUT2D eigenvalue weighted by molar-refractivity contribution is 0.0190. The summed E-state index contributed by atoms with van der Waals surface area (Å²) < 4.78 is 26.0. The number of thiophene rings is 1. The van der Waals surface area contributed by atoms with E-state index in [1.165, 1.54) is 0 Å². The number of hydrogen-bond acceptors (Lipinski definition) is 3. The van der Waals surface area contributed by atoms with Gasteiger partial charge in [-0.15, -0.1) is 11.3 Å². The highest BCUT2D eigenvalue weighted by Gasteiger charge is 2.57. The standard InChI is InChI=1S/C9H6F2O2S/c1-3-4(2)14-6-5(3)7(12)9(10,11)8(6)13/h1-2H3. The Kier molecular flexibility index (Phi) is 1.67. The van der Waals surface area contributed by atoms with E-state index in [0.717, 1.165) is 16.2 Å². The number of hydrogen-bond donors (Lipinski definition) is 0. The first kappa shape index (κ1) is 9.45. The highest BCUT2D eigenvalue weighted by molar-refractivity contribution is 7.15. The van der Waals surface area contributed by atoms with Gasteiger partial charge in [0, 0.05) is 10.4 Å². The number of halogens is 2. The number of ketones is 2. The molecule has 74 valence electrons. The highest BCUT2D eigenvalue weighted by atomic mass is 32.1. The molecule has 2 nitrogen and oxygen atoms in total. The van der Waals surface area contributed by atoms with E-state index in [4.69, 9.17) is 0 Å². The Bertz CT molecular complexity index is 460. The largest absolute Gasteiger partial charge is 0.372 e. The zero-order valence-electron chi connectivity index (χ0n) is 7.48. The molecule has 0 spiro atoms. The van der Waals surface area contributed by atoms with Crippen LogP contribution in [0.1, 0.15) is 30.5 Å². The molecule has 5 heteroatoms. The molecule has 0 aliphatic heterocycles. The molecule has 14 heavy (non-hydrogen) atoms. The average molecular weight is 216 g/mol. The average Bonchev–Trinajstić information content (AvgIpc) is 2.47. The minimum absolute atomic E-state index is 0.0810. The Morgan fingerprint density at radius 3 is 2.21 bits per heavy atom. The summed E-state index contributed by atoms with van der Waals surface area (Å²) in [6, 6.07) is 0. The van der Waals surface area contributed by atoms with Crippen molar-refractivity contribution in [1.82, 2.24) is 0 Å². The number of carbonyl (C=O) groups is 2. The molecular formula is C9H6F2O2S. The normalized spacial score (nSPS) is 18.9. The molecule has 0 fully saturated rings. The molecule has 1 aliphatic rings. The van der Waals surface area contributed by atoms with Crippen LogP contribution in [0, 0.1) is 13.8 Å². The van der Waals surface area contributed by atoms with Crippen LogP contribution in [0.5, 0.6) is 0 Å². The predicted molar refractivity (Wildman–Crippen MR) is 47.4 cm³/mol. The molecule has 0 unspecified atom stereocenters. The number of alkyl halides is 2. The zero-order valence-corrected chi connectivity index (χ0v) is 8.30. The van der Waals surface area contributed by atoms with Gasteiger partial charge < -0.3 is 0 Å². The van der Waals surface area contributed by atoms with Crippen molar-refractivity contribution in [2.24, 2.45) is 0 Å². The van der Waals surface area contributed by atoms with Crippen LogP contribution in [0.25, 0.3) is 0 Å². The molecule has 0 bridgehead atoms. The van der Waals surface area contributed by atoms with Gasteiger partial charge in [0.05, 0.1) is 4.88 Å². The summed E-state index contributed by atoms with van der Waals surface area (Å²) >= 11 is 0.967. The molecule has 1 heterocycles. The quantitative estimate of drug-likeness (QED) is 0.624. The van der Waals surface area contributed by atoms with Crippen LogP contribution in [-0.4, -0.2) is 17.5 Å². The van der Waals surface area contributed by atoms with E-state index in [0.29, 0.717) is 5.56 Å². The van der Waals surface area contributed by atoms with Crippen LogP contribution in [0.4, 0.5) is 8.78 Å². The fraction of sp³-hybridized carbons (Fsp3) is 0.333. The highest BCUT2D eigenvalue weighted by Crippen LogP contribution is 2.41. The van der Waals surface area contributed by atoms with Gasteiger partial charge >= 0.3 is 5.92 Å². The molecule has 2 rings (SSSR count). The number of carbonyl (C=O) groups excluding carboxylic acids is 2. The third-order valence-electron chi connectivity index (χ3n) is 2.39. The van der Waals surface area contributed by atoms with E-state index in [1.807, 2.05) is 0 Å². The van der Waals surface area contributed by atoms with Crippen molar-refractivity contribution in [2.45, 2.75) is 19.8 Å². The van der Waals surface area contributed by atoms with Crippen LogP contribution in [0.3, 0.4) is 0 Å². The van der Waals surface area contributed by atoms with Crippen molar-refractivity contribution in [3.8, 4) is 0 Å². The lowest BCUT2D eigenvalue weighted by atomic mass is 10.1. The molecule has 1 aliphatic carbocycles. The van der Waals surface area contributed by atoms with E-state index < -0.39 is 17.5 Å². The Balaban J connectivity index is 2.75. The molecular weight excluding hydrogens is 210 g/mol. The Labute approximate surface area is 82.5 Å². The van der Waals surface area contributed by atoms with Crippen LogP contribution in [-0.2, 0) is 0 Å². The summed E-state index contributed by atoms with van der Waals surface area (Å²) in [5.41, 5.74) is 0.419. The van der Waals surface area contributed by atoms with Crippen molar-refractivity contribution < 1.29 is 18.4 Å². The zero-order chi connectivity index (χ0) is 10.7. The van der Waals surface area contributed by atoms with Gasteiger partial charge in [0.25, 0.3) is 5.78 Å². The molecule has 1 aromatic rings. The molecule has 0 radical (unpaired) electrons. The third-order valence-corrected chi connectivity index (χ3v) is 3.59. The molecule has 1 aromatic heterocycles. The molecule has 0 N–H and O–H groups in total. The van der Waals surface area contributed by atoms with Gasteiger partial charge in [-0.1, -0.05) is 0 Å². The summed E-state index contributed by atoms with van der Waals surface area (Å²) in [5, 5.41) is 0. The van der Waals surface area contributed by atoms with Gasteiger partial charge in [-0.2, -0.15) is 8.78 Å². The fourth-order valence-electron chi connectivity index (χ4n) is 1.46. The molecule has 0 saturated carbocycles. The maximum absolute atomic E-state index is 13.0. The molecule has 0 aromatic carbocycles. The summed E-state index contributed by atoms with van der Waals surface area (Å²) in [6.07, 6.45) is 0. The Hall–Kier alpha value is -1.10. The second-order valence-corrected chi connectivity index (χ2v) is 4.44. The van der Waals surface area contributed by atoms with Crippen LogP contribution in [0.15, 0.2) is 0 Å². The van der Waals surface area contributed by atoms with Gasteiger partial charge in [0.15, 0.2) is 0 Å². The summed E-state index contributed by atoms with van der Waals surface area (Å²) in [6.45, 7) is 3.29. The van der Waals surface area contributed by atoms with E-state index in [9.17, 15) is 18.4 Å². The van der Waals surface area contributed by atoms with Crippen molar-refractivity contribution in [2.75, 3.05) is 0 Å². The maximum Gasteiger partial charge on any atom is 0.372 e. The van der Waals surface area contributed by atoms with Gasteiger partial charge in [-0.05, 0) is 19.4 Å². The number of fused-ring (bicyclic) bond motifs is 1. The van der Waals surface area contributed by atoms with Crippen molar-refractivity contribution in [3.63, 3.8) is 0 Å². The van der Waals surface area contributed by atoms with E-state index in [1.54, 1.807) is 13.8 Å². The Morgan fingerprint density at radius 2 is 1.71 bits per heavy atom. The monoisotopic (exact) mass is 216 g/mol. The maximum atomic E-state index is 13.0. The lowest BCUT2D eigenvalue weighted by Gasteiger charge is -2.03. The smallest absolute Gasteiger partial charge is 0.287 e. The van der Waals surface area contributed by atoms with E-state index in [2.05, 4.69) is 0 Å². The number of aryl methyl sites for hydroxylation is 1. The van der Waals surface area contributed by atoms with Crippen molar-refractivity contribution >= 4 is 22.9 Å². The molecule has 0 atom stereocenters. The van der Waals surface area contributed by atoms with Gasteiger partial charge in [0.1, 0.15) is 0 Å². The van der Waals surface area contributed by atoms with Gasteiger partial charge in [0.2, 0.25) is 5.78 Å². The number of Topliss-reactive ketones (excluding diaryl/α,β-unsaturated/α-hetero) is 2. The van der Waals surface area contributed by atoms with E-state index in [-0.39, 0.29) is 10.4 Å². The lowest BCUT2D eigenvalue weighted by Crippen LogP contribution is -2.30. The SMILES string of the molecule is Cc1sc2c(c1C)C(=O)C(F)(F)C2=O. The van der Waals surface area contributed by atoms with Crippen molar-refractivity contribution in [3.05, 3.63) is 20.9 Å². The Morgan fingerprint density at radius 1 is 1.14 bits per heavy atom. The fourth-order valence-corrected chi connectivity index (χ4v) is 2.59. The van der Waals surface area contributed by atoms with Gasteiger partial charge in [-0.3, -0.25) is 9.59 Å². The third kappa shape index (κ3) is 0.877.